The summed E-state index contributed by atoms with van der Waals surface area (Å²) in [5, 5.41) is 11.3. The van der Waals surface area contributed by atoms with Gasteiger partial charge in [-0.3, -0.25) is 0 Å². The SMILES string of the molecule is O=c1[nH]nc2ccc(N3CCOC(CBr)C3)nn12. The summed E-state index contributed by atoms with van der Waals surface area (Å²) in [6.07, 6.45) is 0.150. The van der Waals surface area contributed by atoms with Crippen molar-refractivity contribution in [3.05, 3.63) is 22.6 Å². The van der Waals surface area contributed by atoms with Gasteiger partial charge in [-0.05, 0) is 12.1 Å². The number of nitrogens with zero attached hydrogens (tertiary/aromatic N) is 4. The van der Waals surface area contributed by atoms with E-state index in [1.807, 2.05) is 6.07 Å². The number of aromatic nitrogens is 4. The molecule has 0 radical (unpaired) electrons. The van der Waals surface area contributed by atoms with Crippen molar-refractivity contribution in [1.82, 2.24) is 19.8 Å². The monoisotopic (exact) mass is 313 g/mol. The molecular formula is C10H12BrN5O2. The molecule has 1 aliphatic rings. The van der Waals surface area contributed by atoms with E-state index in [1.165, 1.54) is 4.52 Å². The quantitative estimate of drug-likeness (QED) is 0.791. The Bertz CT molecular complexity index is 610. The van der Waals surface area contributed by atoms with Gasteiger partial charge >= 0.3 is 5.69 Å². The van der Waals surface area contributed by atoms with Crippen LogP contribution < -0.4 is 10.6 Å². The lowest BCUT2D eigenvalue weighted by molar-refractivity contribution is 0.0567. The highest BCUT2D eigenvalue weighted by atomic mass is 79.9. The highest BCUT2D eigenvalue weighted by Crippen LogP contribution is 2.15. The number of hydrogen-bond donors (Lipinski definition) is 1. The lowest BCUT2D eigenvalue weighted by Crippen LogP contribution is -2.43. The smallest absolute Gasteiger partial charge is 0.364 e. The third kappa shape index (κ3) is 2.01. The topological polar surface area (TPSA) is 75.5 Å². The second-order valence-corrected chi connectivity index (χ2v) is 4.73. The molecule has 7 nitrogen and oxygen atoms in total. The number of rotatable bonds is 2. The lowest BCUT2D eigenvalue weighted by atomic mass is 10.3. The summed E-state index contributed by atoms with van der Waals surface area (Å²) < 4.78 is 6.84. The third-order valence-electron chi connectivity index (χ3n) is 2.89. The fourth-order valence-corrected chi connectivity index (χ4v) is 2.37. The maximum Gasteiger partial charge on any atom is 0.364 e. The predicted octanol–water partition coefficient (Wildman–Crippen LogP) is 0.0177. The molecule has 96 valence electrons. The Morgan fingerprint density at radius 3 is 3.28 bits per heavy atom. The largest absolute Gasteiger partial charge is 0.374 e. The molecular weight excluding hydrogens is 302 g/mol. The van der Waals surface area contributed by atoms with Crippen molar-refractivity contribution >= 4 is 27.4 Å². The first-order valence-corrected chi connectivity index (χ1v) is 6.77. The van der Waals surface area contributed by atoms with Gasteiger partial charge in [-0.15, -0.1) is 5.10 Å². The van der Waals surface area contributed by atoms with E-state index >= 15 is 0 Å². The molecule has 0 aliphatic carbocycles. The molecule has 8 heteroatoms. The normalized spacial score (nSPS) is 20.5. The summed E-state index contributed by atoms with van der Waals surface area (Å²) in [6.45, 7) is 2.20. The first kappa shape index (κ1) is 11.7. The molecule has 0 saturated carbocycles. The van der Waals surface area contributed by atoms with Gasteiger partial charge in [0, 0.05) is 18.4 Å². The van der Waals surface area contributed by atoms with Crippen molar-refractivity contribution < 1.29 is 4.74 Å². The van der Waals surface area contributed by atoms with E-state index < -0.39 is 0 Å². The summed E-state index contributed by atoms with van der Waals surface area (Å²) in [5.41, 5.74) is 0.200. The highest BCUT2D eigenvalue weighted by molar-refractivity contribution is 9.09. The first-order chi connectivity index (χ1) is 8.78. The Morgan fingerprint density at radius 1 is 1.56 bits per heavy atom. The number of ether oxygens (including phenoxy) is 1. The van der Waals surface area contributed by atoms with Crippen LogP contribution in [0.2, 0.25) is 0 Å². The molecule has 1 aliphatic heterocycles. The van der Waals surface area contributed by atoms with Gasteiger partial charge in [-0.2, -0.15) is 9.61 Å². The highest BCUT2D eigenvalue weighted by Gasteiger charge is 2.21. The van der Waals surface area contributed by atoms with Gasteiger partial charge in [0.15, 0.2) is 5.65 Å². The Hall–Kier alpha value is -1.41. The zero-order valence-electron chi connectivity index (χ0n) is 9.54. The minimum Gasteiger partial charge on any atom is -0.374 e. The number of aromatic amines is 1. The van der Waals surface area contributed by atoms with Gasteiger partial charge in [0.2, 0.25) is 0 Å². The summed E-state index contributed by atoms with van der Waals surface area (Å²) in [5.74, 6) is 0.764. The van der Waals surface area contributed by atoms with Gasteiger partial charge in [0.1, 0.15) is 5.82 Å². The zero-order valence-corrected chi connectivity index (χ0v) is 11.1. The lowest BCUT2D eigenvalue weighted by Gasteiger charge is -2.32. The first-order valence-electron chi connectivity index (χ1n) is 5.65. The number of halogens is 1. The van der Waals surface area contributed by atoms with Crippen LogP contribution in [0, 0.1) is 0 Å². The van der Waals surface area contributed by atoms with E-state index in [0.717, 1.165) is 24.2 Å². The second-order valence-electron chi connectivity index (χ2n) is 4.08. The number of alkyl halides is 1. The average molecular weight is 314 g/mol. The molecule has 1 fully saturated rings. The number of morpholine rings is 1. The summed E-state index contributed by atoms with van der Waals surface area (Å²) in [7, 11) is 0. The minimum absolute atomic E-state index is 0.150. The standard InChI is InChI=1S/C10H12BrN5O2/c11-5-7-6-15(3-4-18-7)9-2-1-8-12-13-10(17)16(8)14-9/h1-2,7H,3-6H2,(H,13,17). The van der Waals surface area contributed by atoms with Crippen LogP contribution in [0.5, 0.6) is 0 Å². The van der Waals surface area contributed by atoms with Crippen LogP contribution >= 0.6 is 15.9 Å². The Balaban J connectivity index is 1.93. The molecule has 0 spiro atoms. The van der Waals surface area contributed by atoms with E-state index in [9.17, 15) is 4.79 Å². The molecule has 1 atom stereocenters. The van der Waals surface area contributed by atoms with Crippen LogP contribution in [-0.4, -0.2) is 50.9 Å². The molecule has 0 aromatic carbocycles. The van der Waals surface area contributed by atoms with E-state index in [1.54, 1.807) is 6.07 Å². The van der Waals surface area contributed by atoms with Gasteiger partial charge in [0.05, 0.1) is 12.7 Å². The van der Waals surface area contributed by atoms with Crippen LogP contribution in [0.4, 0.5) is 5.82 Å². The second kappa shape index (κ2) is 4.69. The Labute approximate surface area is 111 Å². The number of H-pyrrole nitrogens is 1. The average Bonchev–Trinajstić information content (AvgIpc) is 2.80. The molecule has 1 unspecified atom stereocenters. The van der Waals surface area contributed by atoms with Crippen molar-refractivity contribution in [3.8, 4) is 0 Å². The Kier molecular flexibility index (Phi) is 3.04. The number of nitrogens with one attached hydrogen (secondary N) is 1. The molecule has 1 saturated heterocycles. The van der Waals surface area contributed by atoms with E-state index in [4.69, 9.17) is 4.74 Å². The fraction of sp³-hybridized carbons (Fsp3) is 0.500. The van der Waals surface area contributed by atoms with Crippen molar-refractivity contribution in [3.63, 3.8) is 0 Å². The van der Waals surface area contributed by atoms with Gasteiger partial charge in [0.25, 0.3) is 0 Å². The molecule has 0 bridgehead atoms. The molecule has 2 aromatic heterocycles. The summed E-state index contributed by atoms with van der Waals surface area (Å²) in [4.78, 5) is 13.6. The molecule has 2 aromatic rings. The van der Waals surface area contributed by atoms with Crippen LogP contribution in [0.3, 0.4) is 0 Å². The summed E-state index contributed by atoms with van der Waals surface area (Å²) in [6, 6.07) is 3.64. The molecule has 0 amide bonds. The van der Waals surface area contributed by atoms with Crippen molar-refractivity contribution in [2.45, 2.75) is 6.10 Å². The molecule has 3 heterocycles. The molecule has 1 N–H and O–H groups in total. The number of anilines is 1. The maximum atomic E-state index is 11.5. The maximum absolute atomic E-state index is 11.5. The zero-order chi connectivity index (χ0) is 12.5. The van der Waals surface area contributed by atoms with Crippen molar-refractivity contribution in [1.29, 1.82) is 0 Å². The van der Waals surface area contributed by atoms with Gasteiger partial charge in [-0.25, -0.2) is 9.89 Å². The van der Waals surface area contributed by atoms with E-state index in [0.29, 0.717) is 12.3 Å². The minimum atomic E-state index is -0.322. The van der Waals surface area contributed by atoms with Crippen LogP contribution in [-0.2, 0) is 4.74 Å². The fourth-order valence-electron chi connectivity index (χ4n) is 1.98. The predicted molar refractivity (Wildman–Crippen MR) is 69.4 cm³/mol. The summed E-state index contributed by atoms with van der Waals surface area (Å²) >= 11 is 3.41. The van der Waals surface area contributed by atoms with Crippen LogP contribution in [0.25, 0.3) is 5.65 Å². The van der Waals surface area contributed by atoms with Crippen molar-refractivity contribution in [2.75, 3.05) is 29.9 Å². The Morgan fingerprint density at radius 2 is 2.44 bits per heavy atom. The molecule has 18 heavy (non-hydrogen) atoms. The van der Waals surface area contributed by atoms with Gasteiger partial charge in [-0.1, -0.05) is 15.9 Å². The van der Waals surface area contributed by atoms with E-state index in [-0.39, 0.29) is 11.8 Å². The van der Waals surface area contributed by atoms with Gasteiger partial charge < -0.3 is 9.64 Å². The number of fused-ring (bicyclic) bond motifs is 1. The number of hydrogen-bond acceptors (Lipinski definition) is 5. The van der Waals surface area contributed by atoms with E-state index in [2.05, 4.69) is 36.1 Å². The van der Waals surface area contributed by atoms with Crippen LogP contribution in [0.15, 0.2) is 16.9 Å². The third-order valence-corrected chi connectivity index (χ3v) is 3.62. The van der Waals surface area contributed by atoms with Crippen molar-refractivity contribution in [2.24, 2.45) is 0 Å². The molecule has 3 rings (SSSR count). The van der Waals surface area contributed by atoms with Crippen LogP contribution in [0.1, 0.15) is 0 Å².